The fraction of sp³-hybridized carbons (Fsp3) is 0.250. The topological polar surface area (TPSA) is 9.23 Å². The lowest BCUT2D eigenvalue weighted by Crippen LogP contribution is -1.97. The van der Waals surface area contributed by atoms with Crippen LogP contribution in [0.2, 0.25) is 0 Å². The van der Waals surface area contributed by atoms with E-state index in [-0.39, 0.29) is 10.6 Å². The Balaban J connectivity index is 2.05. The van der Waals surface area contributed by atoms with E-state index in [1.54, 1.807) is 12.1 Å². The lowest BCUT2D eigenvalue weighted by Gasteiger charge is -2.11. The van der Waals surface area contributed by atoms with Gasteiger partial charge in [-0.15, -0.1) is 0 Å². The van der Waals surface area contributed by atoms with Crippen LogP contribution in [0.1, 0.15) is 22.9 Å². The van der Waals surface area contributed by atoms with Crippen molar-refractivity contribution in [2.45, 2.75) is 18.2 Å². The average molecular weight is 323 g/mol. The monoisotopic (exact) mass is 322 g/mol. The van der Waals surface area contributed by atoms with Crippen LogP contribution >= 0.6 is 15.9 Å². The van der Waals surface area contributed by atoms with Gasteiger partial charge in [0.05, 0.1) is 6.61 Å². The SMILES string of the molecule is CCOc1ccc(C(Br)Cc2cccc(F)c2)cc1. The predicted octanol–water partition coefficient (Wildman–Crippen LogP) is 4.90. The van der Waals surface area contributed by atoms with Crippen LogP contribution in [-0.4, -0.2) is 6.61 Å². The molecular weight excluding hydrogens is 307 g/mol. The summed E-state index contributed by atoms with van der Waals surface area (Å²) in [5.41, 5.74) is 2.14. The third-order valence-electron chi connectivity index (χ3n) is 2.86. The molecule has 0 bridgehead atoms. The molecule has 2 rings (SSSR count). The smallest absolute Gasteiger partial charge is 0.123 e. The number of ether oxygens (including phenoxy) is 1. The molecule has 0 aliphatic rings. The Morgan fingerprint density at radius 3 is 2.53 bits per heavy atom. The predicted molar refractivity (Wildman–Crippen MR) is 79.4 cm³/mol. The van der Waals surface area contributed by atoms with E-state index in [1.165, 1.54) is 6.07 Å². The number of hydrogen-bond acceptors (Lipinski definition) is 1. The van der Waals surface area contributed by atoms with Gasteiger partial charge in [0, 0.05) is 4.83 Å². The van der Waals surface area contributed by atoms with Gasteiger partial charge in [-0.25, -0.2) is 4.39 Å². The number of hydrogen-bond donors (Lipinski definition) is 0. The molecule has 0 amide bonds. The summed E-state index contributed by atoms with van der Waals surface area (Å²) in [4.78, 5) is 0.171. The highest BCUT2D eigenvalue weighted by molar-refractivity contribution is 9.09. The van der Waals surface area contributed by atoms with Crippen LogP contribution < -0.4 is 4.74 Å². The second-order valence-electron chi connectivity index (χ2n) is 4.30. The molecule has 19 heavy (non-hydrogen) atoms. The lowest BCUT2D eigenvalue weighted by atomic mass is 10.0. The van der Waals surface area contributed by atoms with Crippen LogP contribution in [0.3, 0.4) is 0 Å². The van der Waals surface area contributed by atoms with Gasteiger partial charge in [-0.3, -0.25) is 0 Å². The molecule has 1 nitrogen and oxygen atoms in total. The normalized spacial score (nSPS) is 12.2. The molecule has 1 atom stereocenters. The summed E-state index contributed by atoms with van der Waals surface area (Å²) in [6.07, 6.45) is 0.756. The molecule has 100 valence electrons. The zero-order valence-electron chi connectivity index (χ0n) is 10.8. The summed E-state index contributed by atoms with van der Waals surface area (Å²) in [5, 5.41) is 0. The summed E-state index contributed by atoms with van der Waals surface area (Å²) in [5.74, 6) is 0.681. The van der Waals surface area contributed by atoms with E-state index < -0.39 is 0 Å². The first kappa shape index (κ1) is 14.1. The summed E-state index contributed by atoms with van der Waals surface area (Å²) < 4.78 is 18.5. The third kappa shape index (κ3) is 4.06. The fourth-order valence-corrected chi connectivity index (χ4v) is 2.61. The third-order valence-corrected chi connectivity index (χ3v) is 3.71. The van der Waals surface area contributed by atoms with Gasteiger partial charge in [-0.1, -0.05) is 40.2 Å². The Hall–Kier alpha value is -1.35. The van der Waals surface area contributed by atoms with Crippen molar-refractivity contribution < 1.29 is 9.13 Å². The Morgan fingerprint density at radius 1 is 1.16 bits per heavy atom. The molecule has 0 heterocycles. The Labute approximate surface area is 121 Å². The molecule has 2 aromatic carbocycles. The molecule has 0 fully saturated rings. The maximum absolute atomic E-state index is 13.1. The Bertz CT molecular complexity index is 525. The molecule has 0 aromatic heterocycles. The van der Waals surface area contributed by atoms with Crippen LogP contribution in [-0.2, 0) is 6.42 Å². The highest BCUT2D eigenvalue weighted by Gasteiger charge is 2.09. The summed E-state index contributed by atoms with van der Waals surface area (Å²) in [6.45, 7) is 2.63. The van der Waals surface area contributed by atoms with Crippen LogP contribution in [0.25, 0.3) is 0 Å². The molecule has 3 heteroatoms. The molecular formula is C16H16BrFO. The van der Waals surface area contributed by atoms with Crippen molar-refractivity contribution in [2.75, 3.05) is 6.61 Å². The number of rotatable bonds is 5. The number of alkyl halides is 1. The van der Waals surface area contributed by atoms with Crippen molar-refractivity contribution in [3.63, 3.8) is 0 Å². The Morgan fingerprint density at radius 2 is 1.89 bits per heavy atom. The van der Waals surface area contributed by atoms with Gasteiger partial charge in [0.15, 0.2) is 0 Å². The fourth-order valence-electron chi connectivity index (χ4n) is 1.93. The largest absolute Gasteiger partial charge is 0.494 e. The van der Waals surface area contributed by atoms with Gasteiger partial charge in [-0.05, 0) is 48.7 Å². The summed E-state index contributed by atoms with van der Waals surface area (Å²) in [6, 6.07) is 14.7. The maximum Gasteiger partial charge on any atom is 0.123 e. The van der Waals surface area contributed by atoms with Gasteiger partial charge >= 0.3 is 0 Å². The van der Waals surface area contributed by atoms with Crippen LogP contribution in [0, 0.1) is 5.82 Å². The van der Waals surface area contributed by atoms with Crippen molar-refractivity contribution >= 4 is 15.9 Å². The average Bonchev–Trinajstić information content (AvgIpc) is 2.40. The van der Waals surface area contributed by atoms with Crippen LogP contribution in [0.5, 0.6) is 5.75 Å². The van der Waals surface area contributed by atoms with Gasteiger partial charge in [-0.2, -0.15) is 0 Å². The van der Waals surface area contributed by atoms with Crippen molar-refractivity contribution in [3.8, 4) is 5.75 Å². The molecule has 0 aliphatic carbocycles. The van der Waals surface area contributed by atoms with E-state index in [0.717, 1.165) is 23.3 Å². The number of halogens is 2. The number of benzene rings is 2. The van der Waals surface area contributed by atoms with E-state index in [4.69, 9.17) is 4.74 Å². The molecule has 0 radical (unpaired) electrons. The molecule has 2 aromatic rings. The molecule has 0 spiro atoms. The zero-order valence-corrected chi connectivity index (χ0v) is 12.4. The minimum atomic E-state index is -0.191. The van der Waals surface area contributed by atoms with E-state index in [9.17, 15) is 4.39 Å². The molecule has 0 N–H and O–H groups in total. The van der Waals surface area contributed by atoms with Crippen molar-refractivity contribution in [2.24, 2.45) is 0 Å². The lowest BCUT2D eigenvalue weighted by molar-refractivity contribution is 0.340. The van der Waals surface area contributed by atoms with Gasteiger partial charge in [0.2, 0.25) is 0 Å². The minimum absolute atomic E-state index is 0.171. The van der Waals surface area contributed by atoms with E-state index in [0.29, 0.717) is 6.61 Å². The van der Waals surface area contributed by atoms with Gasteiger partial charge in [0.1, 0.15) is 11.6 Å². The van der Waals surface area contributed by atoms with Crippen LogP contribution in [0.15, 0.2) is 48.5 Å². The second-order valence-corrected chi connectivity index (χ2v) is 5.41. The minimum Gasteiger partial charge on any atom is -0.494 e. The maximum atomic E-state index is 13.1. The Kier molecular flexibility index (Phi) is 4.97. The highest BCUT2D eigenvalue weighted by atomic mass is 79.9. The van der Waals surface area contributed by atoms with E-state index in [1.807, 2.05) is 37.3 Å². The van der Waals surface area contributed by atoms with Gasteiger partial charge < -0.3 is 4.74 Å². The standard InChI is InChI=1S/C16H16BrFO/c1-2-19-15-8-6-13(7-9-15)16(17)11-12-4-3-5-14(18)10-12/h3-10,16H,2,11H2,1H3. The van der Waals surface area contributed by atoms with E-state index >= 15 is 0 Å². The highest BCUT2D eigenvalue weighted by Crippen LogP contribution is 2.28. The van der Waals surface area contributed by atoms with Gasteiger partial charge in [0.25, 0.3) is 0 Å². The first-order valence-electron chi connectivity index (χ1n) is 6.30. The molecule has 0 aliphatic heterocycles. The van der Waals surface area contributed by atoms with E-state index in [2.05, 4.69) is 15.9 Å². The quantitative estimate of drug-likeness (QED) is 0.711. The van der Waals surface area contributed by atoms with Crippen molar-refractivity contribution in [1.82, 2.24) is 0 Å². The molecule has 0 saturated heterocycles. The molecule has 1 unspecified atom stereocenters. The van der Waals surface area contributed by atoms with Crippen molar-refractivity contribution in [3.05, 3.63) is 65.5 Å². The first-order chi connectivity index (χ1) is 9.19. The second kappa shape index (κ2) is 6.71. The summed E-state index contributed by atoms with van der Waals surface area (Å²) in [7, 11) is 0. The van der Waals surface area contributed by atoms with Crippen molar-refractivity contribution in [1.29, 1.82) is 0 Å². The summed E-state index contributed by atoms with van der Waals surface area (Å²) >= 11 is 3.65. The van der Waals surface area contributed by atoms with Crippen LogP contribution in [0.4, 0.5) is 4.39 Å². The first-order valence-corrected chi connectivity index (χ1v) is 7.22. The zero-order chi connectivity index (χ0) is 13.7. The molecule has 0 saturated carbocycles.